The Balaban J connectivity index is 2.62. The van der Waals surface area contributed by atoms with Crippen molar-refractivity contribution >= 4 is 17.8 Å². The minimum Gasteiger partial charge on any atom is -0.463 e. The standard InChI is InChI=1S/C17H21NO5/c1-3-15(19)18-14(13-8-6-5-7-9-13)12-23-17(21)11-10-16(20)22-4-2/h5-11,14H,3-4,12H2,1-2H3,(H,18,19)/b11-10+/t14-/m0/s1. The number of hydrogen-bond acceptors (Lipinski definition) is 5. The van der Waals surface area contributed by atoms with Crippen LogP contribution in [0.4, 0.5) is 0 Å². The van der Waals surface area contributed by atoms with E-state index in [-0.39, 0.29) is 19.1 Å². The zero-order valence-electron chi connectivity index (χ0n) is 13.3. The summed E-state index contributed by atoms with van der Waals surface area (Å²) in [6, 6.07) is 8.76. The van der Waals surface area contributed by atoms with Gasteiger partial charge in [-0.1, -0.05) is 37.3 Å². The van der Waals surface area contributed by atoms with Gasteiger partial charge < -0.3 is 14.8 Å². The van der Waals surface area contributed by atoms with Gasteiger partial charge in [0.15, 0.2) is 0 Å². The van der Waals surface area contributed by atoms with Crippen molar-refractivity contribution in [1.82, 2.24) is 5.32 Å². The van der Waals surface area contributed by atoms with Crippen LogP contribution in [0, 0.1) is 0 Å². The smallest absolute Gasteiger partial charge is 0.331 e. The monoisotopic (exact) mass is 319 g/mol. The number of benzene rings is 1. The summed E-state index contributed by atoms with van der Waals surface area (Å²) in [6.07, 6.45) is 2.34. The summed E-state index contributed by atoms with van der Waals surface area (Å²) < 4.78 is 9.75. The number of carbonyl (C=O) groups is 3. The molecule has 0 spiro atoms. The van der Waals surface area contributed by atoms with E-state index in [0.717, 1.165) is 17.7 Å². The van der Waals surface area contributed by atoms with E-state index in [2.05, 4.69) is 10.1 Å². The molecule has 6 nitrogen and oxygen atoms in total. The van der Waals surface area contributed by atoms with Crippen LogP contribution < -0.4 is 5.32 Å². The maximum Gasteiger partial charge on any atom is 0.331 e. The highest BCUT2D eigenvalue weighted by molar-refractivity contribution is 5.91. The van der Waals surface area contributed by atoms with E-state index in [0.29, 0.717) is 6.42 Å². The Bertz CT molecular complexity index is 553. The molecule has 23 heavy (non-hydrogen) atoms. The first-order valence-electron chi connectivity index (χ1n) is 7.42. The molecular formula is C17H21NO5. The lowest BCUT2D eigenvalue weighted by Crippen LogP contribution is -2.31. The van der Waals surface area contributed by atoms with Gasteiger partial charge in [-0.3, -0.25) is 4.79 Å². The number of carbonyl (C=O) groups excluding carboxylic acids is 3. The van der Waals surface area contributed by atoms with E-state index in [9.17, 15) is 14.4 Å². The molecule has 1 rings (SSSR count). The predicted octanol–water partition coefficient (Wildman–Crippen LogP) is 1.92. The Morgan fingerprint density at radius 2 is 1.65 bits per heavy atom. The Kier molecular flexibility index (Phi) is 8.13. The molecule has 1 aromatic carbocycles. The third-order valence-corrected chi connectivity index (χ3v) is 2.89. The van der Waals surface area contributed by atoms with Crippen LogP contribution in [-0.2, 0) is 23.9 Å². The number of amides is 1. The van der Waals surface area contributed by atoms with E-state index in [1.165, 1.54) is 0 Å². The first kappa shape index (κ1) is 18.4. The van der Waals surface area contributed by atoms with Crippen LogP contribution in [0.5, 0.6) is 0 Å². The summed E-state index contributed by atoms with van der Waals surface area (Å²) in [4.78, 5) is 34.3. The minimum absolute atomic E-state index is 0.0260. The van der Waals surface area contributed by atoms with Crippen molar-refractivity contribution in [2.75, 3.05) is 13.2 Å². The molecule has 1 amide bonds. The van der Waals surface area contributed by atoms with Crippen molar-refractivity contribution in [3.05, 3.63) is 48.0 Å². The molecule has 0 radical (unpaired) electrons. The Morgan fingerprint density at radius 1 is 1.04 bits per heavy atom. The molecule has 124 valence electrons. The van der Waals surface area contributed by atoms with Crippen molar-refractivity contribution in [3.8, 4) is 0 Å². The molecule has 1 N–H and O–H groups in total. The second kappa shape index (κ2) is 10.2. The highest BCUT2D eigenvalue weighted by Gasteiger charge is 2.15. The quantitative estimate of drug-likeness (QED) is 0.585. The van der Waals surface area contributed by atoms with Crippen LogP contribution in [0.25, 0.3) is 0 Å². The van der Waals surface area contributed by atoms with Crippen molar-refractivity contribution in [2.24, 2.45) is 0 Å². The zero-order valence-corrected chi connectivity index (χ0v) is 13.3. The second-order valence-electron chi connectivity index (χ2n) is 4.60. The third-order valence-electron chi connectivity index (χ3n) is 2.89. The molecule has 0 unspecified atom stereocenters. The van der Waals surface area contributed by atoms with Gasteiger partial charge in [-0.15, -0.1) is 0 Å². The highest BCUT2D eigenvalue weighted by Crippen LogP contribution is 2.13. The molecule has 0 aliphatic rings. The van der Waals surface area contributed by atoms with E-state index in [1.807, 2.05) is 30.3 Å². The maximum absolute atomic E-state index is 11.6. The van der Waals surface area contributed by atoms with E-state index in [4.69, 9.17) is 4.74 Å². The van der Waals surface area contributed by atoms with Gasteiger partial charge in [0.2, 0.25) is 5.91 Å². The Hall–Kier alpha value is -2.63. The largest absolute Gasteiger partial charge is 0.463 e. The van der Waals surface area contributed by atoms with Crippen LogP contribution in [0.2, 0.25) is 0 Å². The molecule has 0 heterocycles. The summed E-state index contributed by atoms with van der Waals surface area (Å²) in [6.45, 7) is 3.62. The summed E-state index contributed by atoms with van der Waals surface area (Å²) in [7, 11) is 0. The van der Waals surface area contributed by atoms with Crippen LogP contribution >= 0.6 is 0 Å². The summed E-state index contributed by atoms with van der Waals surface area (Å²) in [5.74, 6) is -1.43. The molecule has 6 heteroatoms. The molecule has 1 aromatic rings. The fraction of sp³-hybridized carbons (Fsp3) is 0.353. The SMILES string of the molecule is CCOC(=O)/C=C/C(=O)OC[C@H](NC(=O)CC)c1ccccc1. The molecule has 0 aliphatic heterocycles. The number of nitrogens with one attached hydrogen (secondary N) is 1. The molecule has 1 atom stereocenters. The van der Waals surface area contributed by atoms with Crippen LogP contribution in [0.1, 0.15) is 31.9 Å². The molecule has 0 saturated carbocycles. The van der Waals surface area contributed by atoms with Crippen LogP contribution in [-0.4, -0.2) is 31.1 Å². The molecule has 0 aliphatic carbocycles. The lowest BCUT2D eigenvalue weighted by molar-refractivity contribution is -0.141. The molecule has 0 bridgehead atoms. The molecule has 0 fully saturated rings. The second-order valence-corrected chi connectivity index (χ2v) is 4.60. The van der Waals surface area contributed by atoms with Crippen LogP contribution in [0.3, 0.4) is 0 Å². The predicted molar refractivity (Wildman–Crippen MR) is 84.3 cm³/mol. The van der Waals surface area contributed by atoms with Gasteiger partial charge in [0.05, 0.1) is 12.6 Å². The maximum atomic E-state index is 11.6. The fourth-order valence-electron chi connectivity index (χ4n) is 1.74. The first-order valence-corrected chi connectivity index (χ1v) is 7.42. The molecule has 0 saturated heterocycles. The number of hydrogen-bond donors (Lipinski definition) is 1. The number of ether oxygens (including phenoxy) is 2. The van der Waals surface area contributed by atoms with Gasteiger partial charge in [-0.25, -0.2) is 9.59 Å². The van der Waals surface area contributed by atoms with Gasteiger partial charge in [-0.05, 0) is 12.5 Å². The first-order chi connectivity index (χ1) is 11.1. The van der Waals surface area contributed by atoms with E-state index >= 15 is 0 Å². The minimum atomic E-state index is -0.676. The third kappa shape index (κ3) is 7.26. The van der Waals surface area contributed by atoms with Gasteiger partial charge in [0, 0.05) is 18.6 Å². The number of esters is 2. The zero-order chi connectivity index (χ0) is 17.1. The van der Waals surface area contributed by atoms with Gasteiger partial charge in [0.1, 0.15) is 6.61 Å². The fourth-order valence-corrected chi connectivity index (χ4v) is 1.74. The molecular weight excluding hydrogens is 298 g/mol. The average molecular weight is 319 g/mol. The number of rotatable bonds is 8. The topological polar surface area (TPSA) is 81.7 Å². The Morgan fingerprint density at radius 3 is 2.22 bits per heavy atom. The average Bonchev–Trinajstić information content (AvgIpc) is 2.57. The highest BCUT2D eigenvalue weighted by atomic mass is 16.5. The molecule has 0 aromatic heterocycles. The lowest BCUT2D eigenvalue weighted by Gasteiger charge is -2.18. The summed E-state index contributed by atoms with van der Waals surface area (Å²) >= 11 is 0. The van der Waals surface area contributed by atoms with Crippen LogP contribution in [0.15, 0.2) is 42.5 Å². The summed E-state index contributed by atoms with van der Waals surface area (Å²) in [5, 5.41) is 2.79. The lowest BCUT2D eigenvalue weighted by atomic mass is 10.1. The normalized spacial score (nSPS) is 11.7. The van der Waals surface area contributed by atoms with E-state index < -0.39 is 18.0 Å². The van der Waals surface area contributed by atoms with Gasteiger partial charge in [-0.2, -0.15) is 0 Å². The van der Waals surface area contributed by atoms with Crippen molar-refractivity contribution in [1.29, 1.82) is 0 Å². The van der Waals surface area contributed by atoms with Crippen molar-refractivity contribution in [3.63, 3.8) is 0 Å². The van der Waals surface area contributed by atoms with Gasteiger partial charge >= 0.3 is 11.9 Å². The van der Waals surface area contributed by atoms with Gasteiger partial charge in [0.25, 0.3) is 0 Å². The van der Waals surface area contributed by atoms with Crippen molar-refractivity contribution in [2.45, 2.75) is 26.3 Å². The van der Waals surface area contributed by atoms with Crippen molar-refractivity contribution < 1.29 is 23.9 Å². The summed E-state index contributed by atoms with van der Waals surface area (Å²) in [5.41, 5.74) is 0.830. The Labute approximate surface area is 135 Å². The van der Waals surface area contributed by atoms with E-state index in [1.54, 1.807) is 13.8 Å².